The normalized spacial score (nSPS) is 16.2. The highest BCUT2D eigenvalue weighted by atomic mass is 19.2. The molecule has 1 heterocycles. The molecule has 0 N–H and O–H groups in total. The number of rotatable bonds is 5. The van der Waals surface area contributed by atoms with E-state index in [0.29, 0.717) is 24.3 Å². The highest BCUT2D eigenvalue weighted by Gasteiger charge is 2.20. The van der Waals surface area contributed by atoms with Gasteiger partial charge in [-0.05, 0) is 66.3 Å². The summed E-state index contributed by atoms with van der Waals surface area (Å²) in [5.41, 5.74) is 0.456. The van der Waals surface area contributed by atoms with Gasteiger partial charge in [-0.2, -0.15) is 0 Å². The predicted molar refractivity (Wildman–Crippen MR) is 105 cm³/mol. The third kappa shape index (κ3) is 4.60. The molecule has 2 nitrogen and oxygen atoms in total. The molecule has 0 amide bonds. The Hall–Kier alpha value is -3.00. The second-order valence-corrected chi connectivity index (χ2v) is 7.53. The fourth-order valence-corrected chi connectivity index (χ4v) is 3.67. The van der Waals surface area contributed by atoms with Gasteiger partial charge in [0.2, 0.25) is 0 Å². The maximum Gasteiger partial charge on any atom is 0.194 e. The molecule has 32 heavy (non-hydrogen) atoms. The van der Waals surface area contributed by atoms with E-state index < -0.39 is 47.3 Å². The van der Waals surface area contributed by atoms with E-state index in [9.17, 15) is 26.3 Å². The van der Waals surface area contributed by atoms with E-state index in [2.05, 4.69) is 0 Å². The second kappa shape index (κ2) is 9.24. The molecule has 3 aromatic carbocycles. The Balaban J connectivity index is 1.55. The highest BCUT2D eigenvalue weighted by Crippen LogP contribution is 2.34. The zero-order valence-electron chi connectivity index (χ0n) is 16.7. The van der Waals surface area contributed by atoms with Crippen LogP contribution in [0.5, 0.6) is 5.75 Å². The Labute approximate surface area is 180 Å². The lowest BCUT2D eigenvalue weighted by Gasteiger charge is -2.23. The van der Waals surface area contributed by atoms with Crippen LogP contribution in [0.4, 0.5) is 26.3 Å². The molecular formula is C24H18F6O2. The summed E-state index contributed by atoms with van der Waals surface area (Å²) in [6.07, 6.45) is 2.49. The SMILES string of the molecule is Fc1cc(C2CCCCO2)ccc1-c1cc(F)c(OCc2cc(F)c(F)c(F)c2)c(F)c1. The number of hydrogen-bond acceptors (Lipinski definition) is 2. The molecule has 0 bridgehead atoms. The third-order valence-electron chi connectivity index (χ3n) is 5.28. The van der Waals surface area contributed by atoms with Crippen LogP contribution < -0.4 is 4.74 Å². The van der Waals surface area contributed by atoms with Gasteiger partial charge in [-0.1, -0.05) is 12.1 Å². The van der Waals surface area contributed by atoms with Gasteiger partial charge in [-0.15, -0.1) is 0 Å². The molecule has 0 saturated carbocycles. The quantitative estimate of drug-likeness (QED) is 0.306. The molecule has 0 aromatic heterocycles. The van der Waals surface area contributed by atoms with Crippen LogP contribution in [-0.4, -0.2) is 6.61 Å². The summed E-state index contributed by atoms with van der Waals surface area (Å²) in [4.78, 5) is 0. The number of benzene rings is 3. The minimum absolute atomic E-state index is 0.00316. The molecule has 4 rings (SSSR count). The molecule has 1 aliphatic rings. The summed E-state index contributed by atoms with van der Waals surface area (Å²) in [7, 11) is 0. The van der Waals surface area contributed by atoms with E-state index in [0.717, 1.165) is 31.4 Å². The second-order valence-electron chi connectivity index (χ2n) is 7.53. The van der Waals surface area contributed by atoms with Gasteiger partial charge in [0, 0.05) is 12.2 Å². The highest BCUT2D eigenvalue weighted by molar-refractivity contribution is 5.66. The fraction of sp³-hybridized carbons (Fsp3) is 0.250. The topological polar surface area (TPSA) is 18.5 Å². The summed E-state index contributed by atoms with van der Waals surface area (Å²) in [5, 5.41) is 0. The van der Waals surface area contributed by atoms with E-state index in [1.807, 2.05) is 0 Å². The first-order valence-corrected chi connectivity index (χ1v) is 10.00. The van der Waals surface area contributed by atoms with E-state index in [4.69, 9.17) is 9.47 Å². The van der Waals surface area contributed by atoms with Crippen LogP contribution in [0.2, 0.25) is 0 Å². The van der Waals surface area contributed by atoms with Gasteiger partial charge in [-0.3, -0.25) is 0 Å². The van der Waals surface area contributed by atoms with Gasteiger partial charge < -0.3 is 9.47 Å². The van der Waals surface area contributed by atoms with Crippen LogP contribution in [0.25, 0.3) is 11.1 Å². The van der Waals surface area contributed by atoms with Gasteiger partial charge in [0.05, 0.1) is 6.10 Å². The number of halogens is 6. The van der Waals surface area contributed by atoms with Crippen molar-refractivity contribution in [2.24, 2.45) is 0 Å². The Morgan fingerprint density at radius 3 is 2.06 bits per heavy atom. The molecule has 1 aliphatic heterocycles. The van der Waals surface area contributed by atoms with Crippen molar-refractivity contribution < 1.29 is 35.8 Å². The smallest absolute Gasteiger partial charge is 0.194 e. The maximum absolute atomic E-state index is 14.7. The van der Waals surface area contributed by atoms with E-state index in [-0.39, 0.29) is 22.8 Å². The molecule has 0 aliphatic carbocycles. The summed E-state index contributed by atoms with van der Waals surface area (Å²) in [6, 6.07) is 7.51. The molecule has 8 heteroatoms. The average Bonchev–Trinajstić information content (AvgIpc) is 2.77. The van der Waals surface area contributed by atoms with Crippen LogP contribution in [0, 0.1) is 34.9 Å². The monoisotopic (exact) mass is 452 g/mol. The van der Waals surface area contributed by atoms with Gasteiger partial charge in [0.25, 0.3) is 0 Å². The summed E-state index contributed by atoms with van der Waals surface area (Å²) >= 11 is 0. The average molecular weight is 452 g/mol. The summed E-state index contributed by atoms with van der Waals surface area (Å²) < 4.78 is 94.0. The van der Waals surface area contributed by atoms with Crippen molar-refractivity contribution in [1.82, 2.24) is 0 Å². The van der Waals surface area contributed by atoms with Crippen LogP contribution in [0.3, 0.4) is 0 Å². The largest absolute Gasteiger partial charge is 0.483 e. The Morgan fingerprint density at radius 2 is 1.47 bits per heavy atom. The predicted octanol–water partition coefficient (Wildman–Crippen LogP) is 7.01. The first kappa shape index (κ1) is 22.2. The molecule has 3 aromatic rings. The molecule has 0 spiro atoms. The van der Waals surface area contributed by atoms with Crippen LogP contribution in [0.15, 0.2) is 42.5 Å². The van der Waals surface area contributed by atoms with Gasteiger partial charge in [0.15, 0.2) is 34.8 Å². The Bertz CT molecular complexity index is 1100. The van der Waals surface area contributed by atoms with Crippen molar-refractivity contribution >= 4 is 0 Å². The van der Waals surface area contributed by atoms with Crippen molar-refractivity contribution in [2.45, 2.75) is 32.0 Å². The van der Waals surface area contributed by atoms with Crippen LogP contribution >= 0.6 is 0 Å². The molecule has 1 unspecified atom stereocenters. The van der Waals surface area contributed by atoms with E-state index in [1.54, 1.807) is 6.07 Å². The van der Waals surface area contributed by atoms with Crippen molar-refractivity contribution in [2.75, 3.05) is 6.61 Å². The third-order valence-corrected chi connectivity index (χ3v) is 5.28. The van der Waals surface area contributed by atoms with Crippen molar-refractivity contribution in [3.8, 4) is 16.9 Å². The standard InChI is InChI=1S/C24H18F6O2/c25-17-9-14(22-3-1-2-6-31-22)4-5-16(17)15-10-20(28)24(21(29)11-15)32-12-13-7-18(26)23(30)19(27)8-13/h4-5,7-11,22H,1-3,6,12H2. The molecule has 1 saturated heterocycles. The minimum Gasteiger partial charge on any atom is -0.483 e. The van der Waals surface area contributed by atoms with E-state index in [1.165, 1.54) is 12.1 Å². The lowest BCUT2D eigenvalue weighted by Crippen LogP contribution is -2.11. The number of ether oxygens (including phenoxy) is 2. The van der Waals surface area contributed by atoms with Crippen LogP contribution in [0.1, 0.15) is 36.5 Å². The fourth-order valence-electron chi connectivity index (χ4n) is 3.67. The Morgan fingerprint density at radius 1 is 0.781 bits per heavy atom. The first-order valence-electron chi connectivity index (χ1n) is 10.00. The minimum atomic E-state index is -1.65. The molecule has 1 fully saturated rings. The zero-order chi connectivity index (χ0) is 22.8. The lowest BCUT2D eigenvalue weighted by molar-refractivity contribution is 0.0148. The molecule has 1 atom stereocenters. The van der Waals surface area contributed by atoms with Crippen molar-refractivity contribution in [3.63, 3.8) is 0 Å². The molecular weight excluding hydrogens is 434 g/mol. The molecule has 0 radical (unpaired) electrons. The van der Waals surface area contributed by atoms with Gasteiger partial charge in [0.1, 0.15) is 12.4 Å². The van der Waals surface area contributed by atoms with Gasteiger partial charge >= 0.3 is 0 Å². The van der Waals surface area contributed by atoms with Crippen molar-refractivity contribution in [3.05, 3.63) is 88.5 Å². The Kier molecular flexibility index (Phi) is 6.41. The maximum atomic E-state index is 14.7. The summed E-state index contributed by atoms with van der Waals surface area (Å²) in [5.74, 6) is -8.24. The number of hydrogen-bond donors (Lipinski definition) is 0. The van der Waals surface area contributed by atoms with E-state index >= 15 is 0 Å². The molecule has 168 valence electrons. The van der Waals surface area contributed by atoms with Gasteiger partial charge in [-0.25, -0.2) is 26.3 Å². The lowest BCUT2D eigenvalue weighted by atomic mass is 9.97. The first-order chi connectivity index (χ1) is 15.3. The summed E-state index contributed by atoms with van der Waals surface area (Å²) in [6.45, 7) is -0.00508. The van der Waals surface area contributed by atoms with Crippen LogP contribution in [-0.2, 0) is 11.3 Å². The van der Waals surface area contributed by atoms with Crippen molar-refractivity contribution in [1.29, 1.82) is 0 Å². The zero-order valence-corrected chi connectivity index (χ0v) is 16.7.